The van der Waals surface area contributed by atoms with Gasteiger partial charge in [-0.1, -0.05) is 49.2 Å². The summed E-state index contributed by atoms with van der Waals surface area (Å²) in [6.45, 7) is 3.11. The number of carbonyl (C=O) groups is 1. The number of ether oxygens (including phenoxy) is 2. The van der Waals surface area contributed by atoms with Crippen LogP contribution in [-0.2, 0) is 6.54 Å². The van der Waals surface area contributed by atoms with Gasteiger partial charge in [-0.25, -0.2) is 0 Å². The summed E-state index contributed by atoms with van der Waals surface area (Å²) >= 11 is 6.26. The predicted molar refractivity (Wildman–Crippen MR) is 142 cm³/mol. The summed E-state index contributed by atoms with van der Waals surface area (Å²) in [7, 11) is 1.62. The van der Waals surface area contributed by atoms with E-state index < -0.39 is 6.04 Å². The molecule has 0 saturated heterocycles. The quantitative estimate of drug-likeness (QED) is 0.252. The second-order valence-electron chi connectivity index (χ2n) is 8.98. The van der Waals surface area contributed by atoms with Crippen molar-refractivity contribution < 1.29 is 19.4 Å². The number of hydrogen-bond donors (Lipinski definition) is 2. The summed E-state index contributed by atoms with van der Waals surface area (Å²) in [5.74, 6) is 1.36. The number of aromatic nitrogens is 2. The van der Waals surface area contributed by atoms with Crippen LogP contribution in [0.4, 0.5) is 0 Å². The first-order valence-corrected chi connectivity index (χ1v) is 12.6. The number of methoxy groups -OCH3 is 1. The normalized spacial score (nSPS) is 14.6. The SMILES string of the molecule is CCCCOc1cccc(C2c3c(-c4cc(Cl)ccc4O)n[nH]c3C(=O)N2Cc2ccc(OC)cc2)c1. The third-order valence-electron chi connectivity index (χ3n) is 6.53. The van der Waals surface area contributed by atoms with E-state index in [9.17, 15) is 9.90 Å². The molecule has 8 heteroatoms. The minimum absolute atomic E-state index is 0.0372. The summed E-state index contributed by atoms with van der Waals surface area (Å²) < 4.78 is 11.3. The van der Waals surface area contributed by atoms with E-state index in [4.69, 9.17) is 21.1 Å². The van der Waals surface area contributed by atoms with Crippen molar-refractivity contribution in [1.82, 2.24) is 15.1 Å². The molecular weight excluding hydrogens is 490 g/mol. The van der Waals surface area contributed by atoms with Crippen LogP contribution in [0.1, 0.15) is 53.0 Å². The summed E-state index contributed by atoms with van der Waals surface area (Å²) in [4.78, 5) is 15.5. The highest BCUT2D eigenvalue weighted by atomic mass is 35.5. The van der Waals surface area contributed by atoms with Gasteiger partial charge in [0.1, 0.15) is 28.6 Å². The van der Waals surface area contributed by atoms with E-state index in [2.05, 4.69) is 17.1 Å². The van der Waals surface area contributed by atoms with Gasteiger partial charge in [0.15, 0.2) is 0 Å². The molecule has 1 atom stereocenters. The number of amides is 1. The number of fused-ring (bicyclic) bond motifs is 1. The second-order valence-corrected chi connectivity index (χ2v) is 9.42. The molecule has 1 amide bonds. The van der Waals surface area contributed by atoms with Crippen LogP contribution in [0.3, 0.4) is 0 Å². The number of halogens is 1. The van der Waals surface area contributed by atoms with Crippen LogP contribution in [0.5, 0.6) is 17.2 Å². The third-order valence-corrected chi connectivity index (χ3v) is 6.77. The molecule has 1 aliphatic rings. The highest BCUT2D eigenvalue weighted by Gasteiger charge is 2.42. The Labute approximate surface area is 220 Å². The Balaban J connectivity index is 1.60. The summed E-state index contributed by atoms with van der Waals surface area (Å²) in [6, 6.07) is 19.8. The lowest BCUT2D eigenvalue weighted by Gasteiger charge is -2.27. The number of nitrogens with zero attached hydrogens (tertiary/aromatic N) is 2. The van der Waals surface area contributed by atoms with E-state index in [1.54, 1.807) is 24.1 Å². The van der Waals surface area contributed by atoms with Crippen LogP contribution in [-0.4, -0.2) is 39.8 Å². The van der Waals surface area contributed by atoms with Gasteiger partial charge >= 0.3 is 0 Å². The number of hydrogen-bond acceptors (Lipinski definition) is 5. The molecule has 37 heavy (non-hydrogen) atoms. The first kappa shape index (κ1) is 24.7. The zero-order valence-electron chi connectivity index (χ0n) is 20.7. The van der Waals surface area contributed by atoms with Crippen LogP contribution in [0.15, 0.2) is 66.7 Å². The van der Waals surface area contributed by atoms with Crippen LogP contribution >= 0.6 is 11.6 Å². The number of H-pyrrole nitrogens is 1. The third kappa shape index (κ3) is 4.87. The number of phenols is 1. The molecule has 4 aromatic rings. The smallest absolute Gasteiger partial charge is 0.273 e. The summed E-state index contributed by atoms with van der Waals surface area (Å²) in [5, 5.41) is 18.5. The van der Waals surface area contributed by atoms with Crippen molar-refractivity contribution in [3.63, 3.8) is 0 Å². The Hall–Kier alpha value is -3.97. The van der Waals surface area contributed by atoms with E-state index in [-0.39, 0.29) is 11.7 Å². The molecular formula is C29H28ClN3O4. The molecule has 1 aliphatic heterocycles. The van der Waals surface area contributed by atoms with Crippen molar-refractivity contribution in [1.29, 1.82) is 0 Å². The maximum atomic E-state index is 13.7. The van der Waals surface area contributed by atoms with Crippen molar-refractivity contribution in [2.45, 2.75) is 32.4 Å². The molecule has 0 bridgehead atoms. The van der Waals surface area contributed by atoms with Crippen molar-refractivity contribution in [3.05, 3.63) is 94.1 Å². The molecule has 5 rings (SSSR count). The van der Waals surface area contributed by atoms with Crippen molar-refractivity contribution in [2.75, 3.05) is 13.7 Å². The summed E-state index contributed by atoms with van der Waals surface area (Å²) in [5.41, 5.74) is 3.89. The number of nitrogens with one attached hydrogen (secondary N) is 1. The fraction of sp³-hybridized carbons (Fsp3) is 0.241. The van der Waals surface area contributed by atoms with Crippen LogP contribution < -0.4 is 9.47 Å². The van der Waals surface area contributed by atoms with Gasteiger partial charge < -0.3 is 19.5 Å². The minimum Gasteiger partial charge on any atom is -0.507 e. The van der Waals surface area contributed by atoms with E-state index in [1.807, 2.05) is 48.5 Å². The molecule has 7 nitrogen and oxygen atoms in total. The topological polar surface area (TPSA) is 87.7 Å². The van der Waals surface area contributed by atoms with E-state index in [1.165, 1.54) is 6.07 Å². The number of phenolic OH excluding ortho intramolecular Hbond substituents is 1. The lowest BCUT2D eigenvalue weighted by molar-refractivity contribution is 0.0730. The van der Waals surface area contributed by atoms with Gasteiger partial charge in [0.2, 0.25) is 0 Å². The zero-order valence-corrected chi connectivity index (χ0v) is 21.5. The molecule has 0 radical (unpaired) electrons. The Kier molecular flexibility index (Phi) is 7.06. The van der Waals surface area contributed by atoms with Gasteiger partial charge in [0.05, 0.1) is 19.8 Å². The maximum absolute atomic E-state index is 13.7. The predicted octanol–water partition coefficient (Wildman–Crippen LogP) is 6.37. The number of unbranched alkanes of at least 4 members (excludes halogenated alkanes) is 1. The fourth-order valence-electron chi connectivity index (χ4n) is 4.65. The first-order valence-electron chi connectivity index (χ1n) is 12.2. The van der Waals surface area contributed by atoms with Crippen molar-refractivity contribution in [2.24, 2.45) is 0 Å². The standard InChI is InChI=1S/C29H28ClN3O4/c1-3-4-14-37-22-7-5-6-19(15-22)28-25-26(23-16-20(30)10-13-24(23)34)31-32-27(25)29(35)33(28)17-18-8-11-21(36-2)12-9-18/h5-13,15-16,28,34H,3-4,14,17H2,1-2H3,(H,31,32). The average Bonchev–Trinajstić information content (AvgIpc) is 3.45. The molecule has 3 aromatic carbocycles. The van der Waals surface area contributed by atoms with Gasteiger partial charge in [-0.05, 0) is 60.0 Å². The Bertz CT molecular complexity index is 1420. The van der Waals surface area contributed by atoms with Crippen LogP contribution in [0.2, 0.25) is 5.02 Å². The monoisotopic (exact) mass is 517 g/mol. The van der Waals surface area contributed by atoms with Gasteiger partial charge in [0, 0.05) is 22.7 Å². The van der Waals surface area contributed by atoms with Gasteiger partial charge in [0.25, 0.3) is 5.91 Å². The molecule has 1 aromatic heterocycles. The highest BCUT2D eigenvalue weighted by Crippen LogP contribution is 2.46. The van der Waals surface area contributed by atoms with E-state index in [0.29, 0.717) is 40.7 Å². The Morgan fingerprint density at radius 1 is 1.08 bits per heavy atom. The molecule has 0 saturated carbocycles. The fourth-order valence-corrected chi connectivity index (χ4v) is 4.82. The van der Waals surface area contributed by atoms with Gasteiger partial charge in [-0.15, -0.1) is 0 Å². The minimum atomic E-state index is -0.452. The van der Waals surface area contributed by atoms with Gasteiger partial charge in [-0.3, -0.25) is 9.89 Å². The Morgan fingerprint density at radius 2 is 1.89 bits per heavy atom. The molecule has 0 aliphatic carbocycles. The number of aromatic hydroxyl groups is 1. The Morgan fingerprint density at radius 3 is 2.65 bits per heavy atom. The lowest BCUT2D eigenvalue weighted by atomic mass is 9.95. The van der Waals surface area contributed by atoms with Crippen molar-refractivity contribution in [3.8, 4) is 28.5 Å². The molecule has 2 N–H and O–H groups in total. The van der Waals surface area contributed by atoms with Gasteiger partial charge in [-0.2, -0.15) is 5.10 Å². The number of rotatable bonds is 9. The highest BCUT2D eigenvalue weighted by molar-refractivity contribution is 6.31. The molecule has 0 spiro atoms. The number of aromatic amines is 1. The molecule has 190 valence electrons. The largest absolute Gasteiger partial charge is 0.507 e. The lowest BCUT2D eigenvalue weighted by Crippen LogP contribution is -2.29. The average molecular weight is 518 g/mol. The first-order chi connectivity index (χ1) is 18.0. The molecule has 1 unspecified atom stereocenters. The zero-order chi connectivity index (χ0) is 25.9. The van der Waals surface area contributed by atoms with E-state index >= 15 is 0 Å². The molecule has 0 fully saturated rings. The second kappa shape index (κ2) is 10.6. The van der Waals surface area contributed by atoms with Crippen LogP contribution in [0.25, 0.3) is 11.3 Å². The van der Waals surface area contributed by atoms with Crippen LogP contribution in [0, 0.1) is 0 Å². The van der Waals surface area contributed by atoms with Crippen molar-refractivity contribution >= 4 is 17.5 Å². The summed E-state index contributed by atoms with van der Waals surface area (Å²) in [6.07, 6.45) is 2.00. The van der Waals surface area contributed by atoms with E-state index in [0.717, 1.165) is 35.5 Å². The maximum Gasteiger partial charge on any atom is 0.273 e. The molecule has 2 heterocycles. The number of carbonyl (C=O) groups excluding carboxylic acids is 1. The number of benzene rings is 3.